The number of halogens is 3. The van der Waals surface area contributed by atoms with Gasteiger partial charge in [0.25, 0.3) is 0 Å². The summed E-state index contributed by atoms with van der Waals surface area (Å²) >= 11 is 0. The van der Waals surface area contributed by atoms with Crippen LogP contribution in [0.2, 0.25) is 0 Å². The topological polar surface area (TPSA) is 15.8 Å². The van der Waals surface area contributed by atoms with Crippen molar-refractivity contribution in [3.8, 4) is 11.3 Å². The second kappa shape index (κ2) is 4.16. The van der Waals surface area contributed by atoms with Crippen molar-refractivity contribution in [3.63, 3.8) is 0 Å². The lowest BCUT2D eigenvalue weighted by Crippen LogP contribution is -1.91. The van der Waals surface area contributed by atoms with Crippen LogP contribution in [-0.4, -0.2) is 4.98 Å². The van der Waals surface area contributed by atoms with Gasteiger partial charge in [0, 0.05) is 22.2 Å². The summed E-state index contributed by atoms with van der Waals surface area (Å²) in [6, 6.07) is 9.55. The first-order valence-corrected chi connectivity index (χ1v) is 5.79. The normalized spacial score (nSPS) is 11.2. The third-order valence-electron chi connectivity index (χ3n) is 3.07. The van der Waals surface area contributed by atoms with Gasteiger partial charge in [0.15, 0.2) is 17.5 Å². The van der Waals surface area contributed by atoms with Crippen LogP contribution in [-0.2, 0) is 0 Å². The number of H-pyrrole nitrogens is 1. The van der Waals surface area contributed by atoms with Gasteiger partial charge < -0.3 is 4.98 Å². The number of aryl methyl sites for hydroxylation is 1. The number of hydrogen-bond acceptors (Lipinski definition) is 0. The summed E-state index contributed by atoms with van der Waals surface area (Å²) in [6.07, 6.45) is 0. The van der Waals surface area contributed by atoms with Gasteiger partial charge in [-0.2, -0.15) is 0 Å². The van der Waals surface area contributed by atoms with E-state index in [2.05, 4.69) is 4.98 Å². The Morgan fingerprint density at radius 3 is 2.26 bits per heavy atom. The van der Waals surface area contributed by atoms with E-state index in [0.717, 1.165) is 28.6 Å². The van der Waals surface area contributed by atoms with Crippen molar-refractivity contribution < 1.29 is 13.2 Å². The number of nitrogens with one attached hydrogen (secondary N) is 1. The molecule has 1 aromatic heterocycles. The number of aromatic nitrogens is 1. The summed E-state index contributed by atoms with van der Waals surface area (Å²) in [5, 5.41) is 0.936. The van der Waals surface area contributed by atoms with Crippen LogP contribution >= 0.6 is 0 Å². The van der Waals surface area contributed by atoms with Gasteiger partial charge in [-0.15, -0.1) is 0 Å². The van der Waals surface area contributed by atoms with Gasteiger partial charge in [-0.25, -0.2) is 13.2 Å². The highest BCUT2D eigenvalue weighted by molar-refractivity contribution is 5.86. The predicted molar refractivity (Wildman–Crippen MR) is 68.3 cm³/mol. The maximum absolute atomic E-state index is 13.2. The van der Waals surface area contributed by atoms with Gasteiger partial charge in [-0.05, 0) is 36.8 Å². The molecule has 0 aliphatic rings. The fraction of sp³-hybridized carbons (Fsp3) is 0.0667. The second-order valence-electron chi connectivity index (χ2n) is 4.53. The number of benzene rings is 2. The lowest BCUT2D eigenvalue weighted by molar-refractivity contribution is 0.447. The molecule has 0 fully saturated rings. The molecule has 0 spiro atoms. The molecule has 0 unspecified atom stereocenters. The Balaban J connectivity index is 2.19. The van der Waals surface area contributed by atoms with E-state index in [1.807, 2.05) is 25.1 Å². The molecule has 1 N–H and O–H groups in total. The second-order valence-corrected chi connectivity index (χ2v) is 4.53. The summed E-state index contributed by atoms with van der Waals surface area (Å²) in [7, 11) is 0. The Morgan fingerprint density at radius 1 is 0.895 bits per heavy atom. The molecule has 96 valence electrons. The van der Waals surface area contributed by atoms with E-state index in [-0.39, 0.29) is 5.56 Å². The summed E-state index contributed by atoms with van der Waals surface area (Å²) in [5.74, 6) is -3.83. The van der Waals surface area contributed by atoms with E-state index in [1.165, 1.54) is 0 Å². The van der Waals surface area contributed by atoms with E-state index < -0.39 is 17.5 Å². The maximum Gasteiger partial charge on any atom is 0.194 e. The molecule has 0 aliphatic heterocycles. The molecule has 0 radical (unpaired) electrons. The van der Waals surface area contributed by atoms with Crippen molar-refractivity contribution in [3.05, 3.63) is 59.4 Å². The third kappa shape index (κ3) is 1.99. The van der Waals surface area contributed by atoms with E-state index in [4.69, 9.17) is 0 Å². The maximum atomic E-state index is 13.2. The average Bonchev–Trinajstić information content (AvgIpc) is 2.78. The van der Waals surface area contributed by atoms with E-state index in [0.29, 0.717) is 5.69 Å². The largest absolute Gasteiger partial charge is 0.355 e. The Kier molecular flexibility index (Phi) is 2.59. The molecular formula is C15H10F3N. The standard InChI is InChI=1S/C15H10F3N/c1-8-2-3-9-7-14(19-13(9)4-8)10-5-11(16)15(18)12(17)6-10/h2-7,19H,1H3. The molecule has 3 rings (SSSR count). The lowest BCUT2D eigenvalue weighted by Gasteiger charge is -2.00. The zero-order valence-corrected chi connectivity index (χ0v) is 10.1. The fourth-order valence-electron chi connectivity index (χ4n) is 2.11. The number of fused-ring (bicyclic) bond motifs is 1. The van der Waals surface area contributed by atoms with Crippen molar-refractivity contribution in [1.82, 2.24) is 4.98 Å². The van der Waals surface area contributed by atoms with E-state index >= 15 is 0 Å². The Hall–Kier alpha value is -2.23. The molecule has 1 nitrogen and oxygen atoms in total. The SMILES string of the molecule is Cc1ccc2cc(-c3cc(F)c(F)c(F)c3)[nH]c2c1. The van der Waals surface area contributed by atoms with Crippen LogP contribution in [0.15, 0.2) is 36.4 Å². The van der Waals surface area contributed by atoms with Crippen LogP contribution in [0.3, 0.4) is 0 Å². The monoisotopic (exact) mass is 261 g/mol. The lowest BCUT2D eigenvalue weighted by atomic mass is 10.1. The Labute approximate surface area is 107 Å². The molecule has 2 aromatic carbocycles. The minimum absolute atomic E-state index is 0.283. The minimum atomic E-state index is -1.45. The summed E-state index contributed by atoms with van der Waals surface area (Å²) < 4.78 is 39.4. The van der Waals surface area contributed by atoms with Gasteiger partial charge in [0.05, 0.1) is 0 Å². The van der Waals surface area contributed by atoms with Crippen LogP contribution in [0.1, 0.15) is 5.56 Å². The van der Waals surface area contributed by atoms with Crippen molar-refractivity contribution in [1.29, 1.82) is 0 Å². The van der Waals surface area contributed by atoms with Gasteiger partial charge in [0.1, 0.15) is 0 Å². The highest BCUT2D eigenvalue weighted by atomic mass is 19.2. The molecule has 0 atom stereocenters. The molecular weight excluding hydrogens is 251 g/mol. The number of hydrogen-bond donors (Lipinski definition) is 1. The van der Waals surface area contributed by atoms with Gasteiger partial charge in [-0.3, -0.25) is 0 Å². The number of rotatable bonds is 1. The third-order valence-corrected chi connectivity index (χ3v) is 3.07. The van der Waals surface area contributed by atoms with E-state index in [9.17, 15) is 13.2 Å². The molecule has 0 bridgehead atoms. The van der Waals surface area contributed by atoms with Crippen molar-refractivity contribution in [2.24, 2.45) is 0 Å². The highest BCUT2D eigenvalue weighted by Crippen LogP contribution is 2.27. The smallest absolute Gasteiger partial charge is 0.194 e. The predicted octanol–water partition coefficient (Wildman–Crippen LogP) is 4.56. The molecule has 0 saturated heterocycles. The van der Waals surface area contributed by atoms with Crippen LogP contribution in [0.25, 0.3) is 22.2 Å². The summed E-state index contributed by atoms with van der Waals surface area (Å²) in [6.45, 7) is 1.96. The fourth-order valence-corrected chi connectivity index (χ4v) is 2.11. The van der Waals surface area contributed by atoms with Gasteiger partial charge in [-0.1, -0.05) is 12.1 Å². The average molecular weight is 261 g/mol. The molecule has 0 amide bonds. The minimum Gasteiger partial charge on any atom is -0.355 e. The van der Waals surface area contributed by atoms with Crippen molar-refractivity contribution in [2.75, 3.05) is 0 Å². The van der Waals surface area contributed by atoms with Crippen LogP contribution in [0.5, 0.6) is 0 Å². The molecule has 0 aliphatic carbocycles. The Bertz CT molecular complexity index is 751. The zero-order valence-electron chi connectivity index (χ0n) is 10.1. The molecule has 19 heavy (non-hydrogen) atoms. The first kappa shape index (κ1) is 11.8. The quantitative estimate of drug-likeness (QED) is 0.618. The first-order valence-electron chi connectivity index (χ1n) is 5.79. The highest BCUT2D eigenvalue weighted by Gasteiger charge is 2.12. The molecule has 3 aromatic rings. The summed E-state index contributed by atoms with van der Waals surface area (Å²) in [5.41, 5.74) is 2.79. The van der Waals surface area contributed by atoms with E-state index in [1.54, 1.807) is 6.07 Å². The zero-order chi connectivity index (χ0) is 13.6. The molecule has 4 heteroatoms. The first-order chi connectivity index (χ1) is 9.04. The van der Waals surface area contributed by atoms with Gasteiger partial charge in [0.2, 0.25) is 0 Å². The van der Waals surface area contributed by atoms with Crippen LogP contribution in [0, 0.1) is 24.4 Å². The van der Waals surface area contributed by atoms with Crippen molar-refractivity contribution in [2.45, 2.75) is 6.92 Å². The van der Waals surface area contributed by atoms with Gasteiger partial charge >= 0.3 is 0 Å². The van der Waals surface area contributed by atoms with Crippen LogP contribution in [0.4, 0.5) is 13.2 Å². The Morgan fingerprint density at radius 2 is 1.58 bits per heavy atom. The van der Waals surface area contributed by atoms with Crippen molar-refractivity contribution >= 4 is 10.9 Å². The van der Waals surface area contributed by atoms with Crippen LogP contribution < -0.4 is 0 Å². The molecule has 0 saturated carbocycles. The number of aromatic amines is 1. The summed E-state index contributed by atoms with van der Waals surface area (Å²) in [4.78, 5) is 3.07. The molecule has 1 heterocycles.